The highest BCUT2D eigenvalue weighted by Gasteiger charge is 2.19. The molecule has 1 saturated heterocycles. The maximum Gasteiger partial charge on any atom is 0.218 e. The van der Waals surface area contributed by atoms with E-state index in [4.69, 9.17) is 4.74 Å². The van der Waals surface area contributed by atoms with Gasteiger partial charge in [-0.05, 0) is 0 Å². The Morgan fingerprint density at radius 2 is 1.70 bits per heavy atom. The van der Waals surface area contributed by atoms with Crippen LogP contribution in [0.1, 0.15) is 0 Å². The number of aromatic nitrogens is 4. The quantitative estimate of drug-likeness (QED) is 0.810. The van der Waals surface area contributed by atoms with Crippen LogP contribution in [0.15, 0.2) is 31.0 Å². The average molecular weight is 272 g/mol. The normalized spacial score (nSPS) is 15.2. The zero-order chi connectivity index (χ0) is 13.8. The van der Waals surface area contributed by atoms with Crippen molar-refractivity contribution in [3.05, 3.63) is 31.0 Å². The molecule has 0 radical (unpaired) electrons. The molecule has 0 N–H and O–H groups in total. The summed E-state index contributed by atoms with van der Waals surface area (Å²) in [7, 11) is 1.61. The number of hydrogen-bond donors (Lipinski definition) is 0. The average Bonchev–Trinajstić information content (AvgIpc) is 2.56. The van der Waals surface area contributed by atoms with E-state index in [1.165, 1.54) is 6.33 Å². The monoisotopic (exact) mass is 272 g/mol. The Morgan fingerprint density at radius 3 is 2.35 bits per heavy atom. The van der Waals surface area contributed by atoms with Crippen LogP contribution in [0.4, 0.5) is 11.6 Å². The first-order valence-corrected chi connectivity index (χ1v) is 6.49. The van der Waals surface area contributed by atoms with Crippen molar-refractivity contribution in [3.8, 4) is 5.88 Å². The Hall–Kier alpha value is -2.44. The third kappa shape index (κ3) is 2.61. The Kier molecular flexibility index (Phi) is 3.58. The summed E-state index contributed by atoms with van der Waals surface area (Å²) < 4.78 is 5.13. The fourth-order valence-corrected chi connectivity index (χ4v) is 2.23. The van der Waals surface area contributed by atoms with Gasteiger partial charge in [0.15, 0.2) is 0 Å². The molecule has 3 rings (SSSR count). The molecular formula is C13H16N6O. The summed E-state index contributed by atoms with van der Waals surface area (Å²) in [5.41, 5.74) is 0. The van der Waals surface area contributed by atoms with Crippen LogP contribution >= 0.6 is 0 Å². The summed E-state index contributed by atoms with van der Waals surface area (Å²) in [6.45, 7) is 3.56. The molecule has 1 fully saturated rings. The minimum atomic E-state index is 0.589. The molecule has 20 heavy (non-hydrogen) atoms. The largest absolute Gasteiger partial charge is 0.481 e. The molecule has 3 heterocycles. The van der Waals surface area contributed by atoms with Crippen LogP contribution in [0.3, 0.4) is 0 Å². The number of rotatable bonds is 3. The van der Waals surface area contributed by atoms with E-state index >= 15 is 0 Å². The molecule has 0 bridgehead atoms. The zero-order valence-corrected chi connectivity index (χ0v) is 11.3. The van der Waals surface area contributed by atoms with Gasteiger partial charge in [-0.2, -0.15) is 0 Å². The number of ether oxygens (including phenoxy) is 1. The zero-order valence-electron chi connectivity index (χ0n) is 11.3. The first-order chi connectivity index (χ1) is 9.86. The smallest absolute Gasteiger partial charge is 0.218 e. The second-order valence-corrected chi connectivity index (χ2v) is 4.46. The van der Waals surface area contributed by atoms with Crippen LogP contribution in [0.5, 0.6) is 5.88 Å². The van der Waals surface area contributed by atoms with Gasteiger partial charge in [0.2, 0.25) is 5.88 Å². The van der Waals surface area contributed by atoms with Crippen LogP contribution in [0.25, 0.3) is 0 Å². The van der Waals surface area contributed by atoms with E-state index in [-0.39, 0.29) is 0 Å². The van der Waals surface area contributed by atoms with Crippen molar-refractivity contribution in [2.45, 2.75) is 0 Å². The van der Waals surface area contributed by atoms with E-state index in [1.54, 1.807) is 25.7 Å². The first kappa shape index (κ1) is 12.6. The summed E-state index contributed by atoms with van der Waals surface area (Å²) in [5, 5.41) is 0. The van der Waals surface area contributed by atoms with Crippen molar-refractivity contribution in [1.29, 1.82) is 0 Å². The maximum atomic E-state index is 5.13. The third-order valence-corrected chi connectivity index (χ3v) is 3.31. The maximum absolute atomic E-state index is 5.13. The van der Waals surface area contributed by atoms with Gasteiger partial charge in [-0.25, -0.2) is 15.0 Å². The van der Waals surface area contributed by atoms with Crippen molar-refractivity contribution in [3.63, 3.8) is 0 Å². The molecule has 7 heteroatoms. The van der Waals surface area contributed by atoms with Crippen LogP contribution < -0.4 is 14.5 Å². The molecule has 2 aromatic rings. The van der Waals surface area contributed by atoms with E-state index in [9.17, 15) is 0 Å². The van der Waals surface area contributed by atoms with Gasteiger partial charge in [-0.1, -0.05) is 0 Å². The van der Waals surface area contributed by atoms with E-state index in [2.05, 4.69) is 29.7 Å². The molecule has 1 aliphatic heterocycles. The number of anilines is 2. The van der Waals surface area contributed by atoms with Crippen LogP contribution in [-0.2, 0) is 0 Å². The van der Waals surface area contributed by atoms with E-state index in [1.807, 2.05) is 6.07 Å². The molecule has 0 atom stereocenters. The summed E-state index contributed by atoms with van der Waals surface area (Å²) in [5.74, 6) is 2.41. The van der Waals surface area contributed by atoms with Crippen molar-refractivity contribution in [2.75, 3.05) is 43.1 Å². The highest BCUT2D eigenvalue weighted by molar-refractivity contribution is 5.44. The van der Waals surface area contributed by atoms with Gasteiger partial charge in [0, 0.05) is 44.6 Å². The Balaban J connectivity index is 1.66. The number of piperazine rings is 1. The number of methoxy groups -OCH3 is 1. The first-order valence-electron chi connectivity index (χ1n) is 6.49. The topological polar surface area (TPSA) is 67.3 Å². The van der Waals surface area contributed by atoms with E-state index in [0.717, 1.165) is 37.8 Å². The van der Waals surface area contributed by atoms with Gasteiger partial charge in [0.25, 0.3) is 0 Å². The van der Waals surface area contributed by atoms with Crippen molar-refractivity contribution < 1.29 is 4.74 Å². The van der Waals surface area contributed by atoms with Crippen molar-refractivity contribution in [2.24, 2.45) is 0 Å². The lowest BCUT2D eigenvalue weighted by atomic mass is 10.3. The van der Waals surface area contributed by atoms with Gasteiger partial charge in [-0.3, -0.25) is 4.98 Å². The third-order valence-electron chi connectivity index (χ3n) is 3.31. The molecule has 0 aromatic carbocycles. The molecule has 0 aliphatic carbocycles. The predicted octanol–water partition coefficient (Wildman–Crippen LogP) is 0.602. The van der Waals surface area contributed by atoms with Gasteiger partial charge < -0.3 is 14.5 Å². The Morgan fingerprint density at radius 1 is 0.950 bits per heavy atom. The van der Waals surface area contributed by atoms with Gasteiger partial charge in [0.1, 0.15) is 18.0 Å². The van der Waals surface area contributed by atoms with Gasteiger partial charge in [-0.15, -0.1) is 0 Å². The molecule has 0 saturated carbocycles. The summed E-state index contributed by atoms with van der Waals surface area (Å²) in [4.78, 5) is 21.2. The van der Waals surface area contributed by atoms with Crippen molar-refractivity contribution in [1.82, 2.24) is 19.9 Å². The molecule has 0 amide bonds. The standard InChI is InChI=1S/C13H16N6O/c1-20-13-8-11(16-10-17-13)18-4-6-19(7-5-18)12-9-14-2-3-15-12/h2-3,8-10H,4-7H2,1H3. The Labute approximate surface area is 117 Å². The summed E-state index contributed by atoms with van der Waals surface area (Å²) in [6, 6.07) is 1.86. The number of hydrogen-bond acceptors (Lipinski definition) is 7. The molecule has 1 aliphatic rings. The van der Waals surface area contributed by atoms with E-state index < -0.39 is 0 Å². The molecule has 2 aromatic heterocycles. The van der Waals surface area contributed by atoms with Gasteiger partial charge in [0.05, 0.1) is 13.3 Å². The predicted molar refractivity (Wildman–Crippen MR) is 75.0 cm³/mol. The van der Waals surface area contributed by atoms with E-state index in [0.29, 0.717) is 5.88 Å². The molecule has 7 nitrogen and oxygen atoms in total. The summed E-state index contributed by atoms with van der Waals surface area (Å²) in [6.07, 6.45) is 6.73. The van der Waals surface area contributed by atoms with Gasteiger partial charge >= 0.3 is 0 Å². The number of nitrogens with zero attached hydrogens (tertiary/aromatic N) is 6. The van der Waals surface area contributed by atoms with Crippen LogP contribution in [-0.4, -0.2) is 53.2 Å². The van der Waals surface area contributed by atoms with Crippen LogP contribution in [0, 0.1) is 0 Å². The second-order valence-electron chi connectivity index (χ2n) is 4.46. The lowest BCUT2D eigenvalue weighted by molar-refractivity contribution is 0.396. The Bertz CT molecular complexity index is 556. The minimum absolute atomic E-state index is 0.589. The lowest BCUT2D eigenvalue weighted by Crippen LogP contribution is -2.47. The van der Waals surface area contributed by atoms with Crippen molar-refractivity contribution >= 4 is 11.6 Å². The SMILES string of the molecule is COc1cc(N2CCN(c3cnccn3)CC2)ncn1. The highest BCUT2D eigenvalue weighted by Crippen LogP contribution is 2.18. The summed E-state index contributed by atoms with van der Waals surface area (Å²) >= 11 is 0. The fraction of sp³-hybridized carbons (Fsp3) is 0.385. The minimum Gasteiger partial charge on any atom is -0.481 e. The molecule has 0 spiro atoms. The lowest BCUT2D eigenvalue weighted by Gasteiger charge is -2.35. The molecule has 0 unspecified atom stereocenters. The highest BCUT2D eigenvalue weighted by atomic mass is 16.5. The second kappa shape index (κ2) is 5.68. The molecule has 104 valence electrons. The fourth-order valence-electron chi connectivity index (χ4n) is 2.23. The van der Waals surface area contributed by atoms with Crippen LogP contribution in [0.2, 0.25) is 0 Å². The molecular weight excluding hydrogens is 256 g/mol.